The molecule has 2 bridgehead atoms. The summed E-state index contributed by atoms with van der Waals surface area (Å²) in [5, 5.41) is 1.45. The van der Waals surface area contributed by atoms with Gasteiger partial charge in [0.25, 0.3) is 0 Å². The third-order valence-electron chi connectivity index (χ3n) is 5.42. The molecule has 0 aromatic rings. The van der Waals surface area contributed by atoms with Gasteiger partial charge in [-0.05, 0) is 53.4 Å². The Balaban J connectivity index is 1.58. The summed E-state index contributed by atoms with van der Waals surface area (Å²) in [6.07, 6.45) is 5.16. The van der Waals surface area contributed by atoms with Crippen molar-refractivity contribution in [3.05, 3.63) is 0 Å². The number of thioether (sulfide) groups is 1. The van der Waals surface area contributed by atoms with Gasteiger partial charge in [0.2, 0.25) is 0 Å². The van der Waals surface area contributed by atoms with Crippen LogP contribution in [0.25, 0.3) is 0 Å². The van der Waals surface area contributed by atoms with Crippen LogP contribution < -0.4 is 0 Å². The van der Waals surface area contributed by atoms with Crippen LogP contribution in [-0.4, -0.2) is 34.6 Å². The maximum absolute atomic E-state index is 12.5. The van der Waals surface area contributed by atoms with Gasteiger partial charge in [0.05, 0.1) is 11.2 Å². The maximum Gasteiger partial charge on any atom is 0.465 e. The fraction of sp³-hybridized carbons (Fsp3) is 0.933. The van der Waals surface area contributed by atoms with Crippen LogP contribution in [0.4, 0.5) is 0 Å². The predicted octanol–water partition coefficient (Wildman–Crippen LogP) is 3.32. The Bertz CT molecular complexity index is 382. The van der Waals surface area contributed by atoms with Crippen molar-refractivity contribution in [2.75, 3.05) is 0 Å². The van der Waals surface area contributed by atoms with Crippen LogP contribution in [0.2, 0.25) is 6.32 Å². The average Bonchev–Trinajstić information content (AvgIpc) is 2.75. The lowest BCUT2D eigenvalue weighted by atomic mass is 9.77. The van der Waals surface area contributed by atoms with E-state index in [1.807, 2.05) is 27.7 Å². The lowest BCUT2D eigenvalue weighted by Gasteiger charge is -2.32. The van der Waals surface area contributed by atoms with Gasteiger partial charge >= 0.3 is 7.12 Å². The van der Waals surface area contributed by atoms with Gasteiger partial charge in [-0.1, -0.05) is 0 Å². The highest BCUT2D eigenvalue weighted by Crippen LogP contribution is 2.47. The fourth-order valence-electron chi connectivity index (χ4n) is 3.50. The average molecular weight is 296 g/mol. The first-order valence-corrected chi connectivity index (χ1v) is 8.75. The lowest BCUT2D eigenvalue weighted by molar-refractivity contribution is -0.121. The second-order valence-corrected chi connectivity index (χ2v) is 9.09. The van der Waals surface area contributed by atoms with Gasteiger partial charge < -0.3 is 9.31 Å². The summed E-state index contributed by atoms with van der Waals surface area (Å²) in [5.74, 6) is 0.591. The number of carbonyl (C=O) groups excluding carboxylic acids is 1. The van der Waals surface area contributed by atoms with Gasteiger partial charge in [-0.2, -0.15) is 11.8 Å². The van der Waals surface area contributed by atoms with Crippen molar-refractivity contribution < 1.29 is 14.1 Å². The zero-order valence-corrected chi connectivity index (χ0v) is 13.8. The summed E-state index contributed by atoms with van der Waals surface area (Å²) < 4.78 is 11.9. The van der Waals surface area contributed by atoms with Gasteiger partial charge in [-0.3, -0.25) is 4.79 Å². The summed E-state index contributed by atoms with van der Waals surface area (Å²) in [5.41, 5.74) is -0.668. The molecule has 3 aliphatic rings. The molecule has 2 unspecified atom stereocenters. The van der Waals surface area contributed by atoms with Gasteiger partial charge in [-0.15, -0.1) is 0 Å². The molecule has 3 saturated heterocycles. The summed E-state index contributed by atoms with van der Waals surface area (Å²) in [7, 11) is -0.361. The first-order valence-electron chi connectivity index (χ1n) is 7.81. The molecule has 3 fully saturated rings. The van der Waals surface area contributed by atoms with E-state index in [4.69, 9.17) is 9.31 Å². The monoisotopic (exact) mass is 296 g/mol. The van der Waals surface area contributed by atoms with Gasteiger partial charge in [0.1, 0.15) is 5.78 Å². The number of ketones is 1. The molecule has 0 radical (unpaired) electrons. The minimum absolute atomic E-state index is 0.243. The summed E-state index contributed by atoms with van der Waals surface area (Å²) >= 11 is 2.10. The van der Waals surface area contributed by atoms with E-state index in [-0.39, 0.29) is 24.2 Å². The van der Waals surface area contributed by atoms with Crippen molar-refractivity contribution in [3.8, 4) is 0 Å². The van der Waals surface area contributed by atoms with Crippen LogP contribution in [0, 0.1) is 5.92 Å². The molecule has 5 heteroatoms. The molecule has 0 amide bonds. The highest BCUT2D eigenvalue weighted by molar-refractivity contribution is 8.00. The van der Waals surface area contributed by atoms with Crippen molar-refractivity contribution in [3.63, 3.8) is 0 Å². The highest BCUT2D eigenvalue weighted by Gasteiger charge is 2.52. The predicted molar refractivity (Wildman–Crippen MR) is 83.0 cm³/mol. The molecule has 112 valence electrons. The molecule has 0 aromatic carbocycles. The SMILES string of the molecule is CC1(C)OB(CC(=O)C2CC3CCC(C2)S3)OC1(C)C. The maximum atomic E-state index is 12.5. The minimum atomic E-state index is -0.361. The molecule has 3 heterocycles. The van der Waals surface area contributed by atoms with E-state index in [9.17, 15) is 4.79 Å². The van der Waals surface area contributed by atoms with Gasteiger partial charge in [-0.25, -0.2) is 0 Å². The molecule has 0 saturated carbocycles. The smallest absolute Gasteiger partial charge is 0.403 e. The number of hydrogen-bond donors (Lipinski definition) is 0. The van der Waals surface area contributed by atoms with Crippen molar-refractivity contribution >= 4 is 24.7 Å². The highest BCUT2D eigenvalue weighted by atomic mass is 32.2. The topological polar surface area (TPSA) is 35.5 Å². The molecule has 3 rings (SSSR count). The summed E-state index contributed by atoms with van der Waals surface area (Å²) in [6.45, 7) is 8.15. The van der Waals surface area contributed by atoms with E-state index < -0.39 is 0 Å². The third-order valence-corrected chi connectivity index (χ3v) is 7.04. The number of hydrogen-bond acceptors (Lipinski definition) is 4. The van der Waals surface area contributed by atoms with E-state index >= 15 is 0 Å². The molecule has 3 aliphatic heterocycles. The van der Waals surface area contributed by atoms with Crippen LogP contribution in [0.15, 0.2) is 0 Å². The molecular weight excluding hydrogens is 271 g/mol. The number of Topliss-reactive ketones (excluding diaryl/α,β-unsaturated/α-hetero) is 1. The van der Waals surface area contributed by atoms with E-state index in [1.54, 1.807) is 0 Å². The van der Waals surface area contributed by atoms with Crippen LogP contribution in [-0.2, 0) is 14.1 Å². The molecule has 20 heavy (non-hydrogen) atoms. The van der Waals surface area contributed by atoms with Crippen LogP contribution in [0.3, 0.4) is 0 Å². The molecule has 0 spiro atoms. The second-order valence-electron chi connectivity index (χ2n) is 7.48. The van der Waals surface area contributed by atoms with E-state index in [2.05, 4.69) is 11.8 Å². The quantitative estimate of drug-likeness (QED) is 0.748. The number of fused-ring (bicyclic) bond motifs is 2. The molecule has 0 aliphatic carbocycles. The van der Waals surface area contributed by atoms with E-state index in [1.165, 1.54) is 12.8 Å². The van der Waals surface area contributed by atoms with Crippen molar-refractivity contribution in [1.82, 2.24) is 0 Å². The Labute approximate surface area is 126 Å². The molecule has 0 aromatic heterocycles. The Kier molecular flexibility index (Phi) is 3.75. The van der Waals surface area contributed by atoms with Crippen LogP contribution in [0.5, 0.6) is 0 Å². The standard InChI is InChI=1S/C15H25BO3S/c1-14(2)15(3,4)19-16(18-14)9-13(17)10-7-11-5-6-12(8-10)20-11/h10-12H,5-9H2,1-4H3. The molecule has 2 atom stereocenters. The van der Waals surface area contributed by atoms with Crippen molar-refractivity contribution in [1.29, 1.82) is 0 Å². The van der Waals surface area contributed by atoms with Gasteiger partial charge in [0, 0.05) is 22.7 Å². The third kappa shape index (κ3) is 2.69. The summed E-state index contributed by atoms with van der Waals surface area (Å²) in [6, 6.07) is 0. The largest absolute Gasteiger partial charge is 0.465 e. The molecular formula is C15H25BO3S. The minimum Gasteiger partial charge on any atom is -0.403 e. The Hall–Kier alpha value is 0.00494. The Morgan fingerprint density at radius 1 is 1.10 bits per heavy atom. The van der Waals surface area contributed by atoms with Crippen LogP contribution >= 0.6 is 11.8 Å². The van der Waals surface area contributed by atoms with Gasteiger partial charge in [0.15, 0.2) is 0 Å². The normalized spacial score (nSPS) is 38.2. The molecule has 0 N–H and O–H groups in total. The lowest BCUT2D eigenvalue weighted by Crippen LogP contribution is -2.41. The first kappa shape index (κ1) is 14.9. The Morgan fingerprint density at radius 2 is 1.60 bits per heavy atom. The van der Waals surface area contributed by atoms with Crippen molar-refractivity contribution in [2.24, 2.45) is 5.92 Å². The molecule has 3 nitrogen and oxygen atoms in total. The fourth-order valence-corrected chi connectivity index (χ4v) is 5.28. The number of carbonyl (C=O) groups is 1. The summed E-state index contributed by atoms with van der Waals surface area (Å²) in [4.78, 5) is 12.5. The van der Waals surface area contributed by atoms with E-state index in [0.29, 0.717) is 12.1 Å². The van der Waals surface area contributed by atoms with Crippen molar-refractivity contribution in [2.45, 2.75) is 81.4 Å². The zero-order chi connectivity index (χ0) is 14.5. The second kappa shape index (κ2) is 5.03. The Morgan fingerprint density at radius 3 is 2.10 bits per heavy atom. The zero-order valence-electron chi connectivity index (χ0n) is 13.0. The van der Waals surface area contributed by atoms with E-state index in [0.717, 1.165) is 23.3 Å². The first-order chi connectivity index (χ1) is 9.27. The number of rotatable bonds is 3. The van der Waals surface area contributed by atoms with Crippen LogP contribution in [0.1, 0.15) is 53.4 Å².